The molecular weight excluding hydrogens is 236 g/mol. The van der Waals surface area contributed by atoms with E-state index in [9.17, 15) is 4.79 Å². The van der Waals surface area contributed by atoms with Gasteiger partial charge in [0.25, 0.3) is 5.91 Å². The molecule has 1 fully saturated rings. The van der Waals surface area contributed by atoms with Crippen molar-refractivity contribution in [1.29, 1.82) is 0 Å². The third kappa shape index (κ3) is 4.35. The van der Waals surface area contributed by atoms with Gasteiger partial charge in [-0.05, 0) is 25.0 Å². The first-order valence-electron chi connectivity index (χ1n) is 6.07. The lowest BCUT2D eigenvalue weighted by Gasteiger charge is -2.15. The zero-order chi connectivity index (χ0) is 11.2. The fourth-order valence-electron chi connectivity index (χ4n) is 2.20. The minimum Gasteiger partial charge on any atom is -0.349 e. The van der Waals surface area contributed by atoms with Gasteiger partial charge in [0.1, 0.15) is 0 Å². The Balaban J connectivity index is 0.00000144. The number of nitrogens with zero attached hydrogens (tertiary/aromatic N) is 1. The second-order valence-corrected chi connectivity index (χ2v) is 4.40. The van der Waals surface area contributed by atoms with Crippen LogP contribution in [0.25, 0.3) is 0 Å². The number of hydrogen-bond acceptors (Lipinski definition) is 2. The first-order valence-corrected chi connectivity index (χ1v) is 6.07. The van der Waals surface area contributed by atoms with Crippen LogP contribution >= 0.6 is 12.4 Å². The fraction of sp³-hybridized carbons (Fsp3) is 0.538. The molecule has 0 radical (unpaired) electrons. The van der Waals surface area contributed by atoms with Gasteiger partial charge in [-0.3, -0.25) is 9.78 Å². The van der Waals surface area contributed by atoms with Crippen LogP contribution < -0.4 is 5.32 Å². The number of carbonyl (C=O) groups excluding carboxylic acids is 1. The van der Waals surface area contributed by atoms with Crippen LogP contribution in [-0.4, -0.2) is 16.9 Å². The van der Waals surface area contributed by atoms with Gasteiger partial charge >= 0.3 is 0 Å². The van der Waals surface area contributed by atoms with Gasteiger partial charge < -0.3 is 5.32 Å². The molecule has 0 aromatic carbocycles. The lowest BCUT2D eigenvalue weighted by molar-refractivity contribution is 0.0933. The lowest BCUT2D eigenvalue weighted by Crippen LogP contribution is -2.34. The summed E-state index contributed by atoms with van der Waals surface area (Å²) < 4.78 is 0. The summed E-state index contributed by atoms with van der Waals surface area (Å²) in [5, 5.41) is 3.11. The molecule has 1 aromatic rings. The number of amides is 1. The monoisotopic (exact) mass is 254 g/mol. The van der Waals surface area contributed by atoms with Crippen LogP contribution in [0.1, 0.15) is 48.9 Å². The minimum atomic E-state index is 0. The first-order chi connectivity index (χ1) is 7.86. The summed E-state index contributed by atoms with van der Waals surface area (Å²) in [5.41, 5.74) is 0.708. The Morgan fingerprint density at radius 1 is 1.12 bits per heavy atom. The molecule has 1 aliphatic rings. The lowest BCUT2D eigenvalue weighted by atomic mass is 10.1. The quantitative estimate of drug-likeness (QED) is 0.825. The minimum absolute atomic E-state index is 0. The SMILES string of the molecule is Cl.O=C(NC1CCCCCC1)c1ccncc1. The largest absolute Gasteiger partial charge is 0.349 e. The standard InChI is InChI=1S/C13H18N2O.ClH/c16-13(11-7-9-14-10-8-11)15-12-5-3-1-2-4-6-12;/h7-10,12H,1-6H2,(H,15,16);1H. The van der Waals surface area contributed by atoms with Gasteiger partial charge in [-0.1, -0.05) is 25.7 Å². The topological polar surface area (TPSA) is 42.0 Å². The highest BCUT2D eigenvalue weighted by molar-refractivity contribution is 5.94. The molecule has 0 atom stereocenters. The van der Waals surface area contributed by atoms with Crippen molar-refractivity contribution < 1.29 is 4.79 Å². The molecule has 94 valence electrons. The highest BCUT2D eigenvalue weighted by Gasteiger charge is 2.15. The summed E-state index contributed by atoms with van der Waals surface area (Å²) in [6, 6.07) is 3.88. The normalized spacial score (nSPS) is 16.7. The second kappa shape index (κ2) is 7.28. The van der Waals surface area contributed by atoms with Gasteiger partial charge in [-0.15, -0.1) is 12.4 Å². The van der Waals surface area contributed by atoms with E-state index in [4.69, 9.17) is 0 Å². The Bertz CT molecular complexity index is 335. The number of carbonyl (C=O) groups is 1. The molecule has 1 saturated carbocycles. The van der Waals surface area contributed by atoms with Crippen LogP contribution in [0, 0.1) is 0 Å². The molecule has 1 amide bonds. The van der Waals surface area contributed by atoms with E-state index < -0.39 is 0 Å². The van der Waals surface area contributed by atoms with Crippen molar-refractivity contribution in [2.45, 2.75) is 44.6 Å². The molecule has 0 saturated heterocycles. The van der Waals surface area contributed by atoms with E-state index in [0.29, 0.717) is 11.6 Å². The number of rotatable bonds is 2. The Morgan fingerprint density at radius 3 is 2.29 bits per heavy atom. The summed E-state index contributed by atoms with van der Waals surface area (Å²) in [5.74, 6) is 0.0364. The zero-order valence-corrected chi connectivity index (χ0v) is 10.7. The summed E-state index contributed by atoms with van der Waals surface area (Å²) >= 11 is 0. The van der Waals surface area contributed by atoms with Gasteiger partial charge in [0.2, 0.25) is 0 Å². The molecule has 1 aliphatic carbocycles. The molecule has 1 N–H and O–H groups in total. The van der Waals surface area contributed by atoms with Crippen LogP contribution in [-0.2, 0) is 0 Å². The van der Waals surface area contributed by atoms with Crippen molar-refractivity contribution in [2.75, 3.05) is 0 Å². The van der Waals surface area contributed by atoms with E-state index >= 15 is 0 Å². The highest BCUT2D eigenvalue weighted by atomic mass is 35.5. The third-order valence-corrected chi connectivity index (χ3v) is 3.13. The van der Waals surface area contributed by atoms with E-state index in [0.717, 1.165) is 12.8 Å². The number of nitrogens with one attached hydrogen (secondary N) is 1. The van der Waals surface area contributed by atoms with Crippen molar-refractivity contribution in [3.8, 4) is 0 Å². The van der Waals surface area contributed by atoms with Crippen LogP contribution in [0.15, 0.2) is 24.5 Å². The van der Waals surface area contributed by atoms with Crippen molar-refractivity contribution in [1.82, 2.24) is 10.3 Å². The summed E-state index contributed by atoms with van der Waals surface area (Å²) in [4.78, 5) is 15.8. The van der Waals surface area contributed by atoms with Gasteiger partial charge in [-0.2, -0.15) is 0 Å². The smallest absolute Gasteiger partial charge is 0.251 e. The van der Waals surface area contributed by atoms with Gasteiger partial charge in [-0.25, -0.2) is 0 Å². The van der Waals surface area contributed by atoms with E-state index in [1.54, 1.807) is 24.5 Å². The summed E-state index contributed by atoms with van der Waals surface area (Å²) in [6.45, 7) is 0. The Hall–Kier alpha value is -1.09. The summed E-state index contributed by atoms with van der Waals surface area (Å²) in [6.07, 6.45) is 10.6. The second-order valence-electron chi connectivity index (χ2n) is 4.40. The zero-order valence-electron chi connectivity index (χ0n) is 9.89. The average molecular weight is 255 g/mol. The Kier molecular flexibility index (Phi) is 5.98. The molecule has 0 aliphatic heterocycles. The maximum Gasteiger partial charge on any atom is 0.251 e. The maximum atomic E-state index is 11.9. The van der Waals surface area contributed by atoms with Crippen molar-refractivity contribution in [3.63, 3.8) is 0 Å². The number of halogens is 1. The molecule has 0 spiro atoms. The van der Waals surface area contributed by atoms with Crippen molar-refractivity contribution in [2.24, 2.45) is 0 Å². The van der Waals surface area contributed by atoms with Crippen LogP contribution in [0.3, 0.4) is 0 Å². The fourth-order valence-corrected chi connectivity index (χ4v) is 2.20. The number of pyridine rings is 1. The molecule has 3 nitrogen and oxygen atoms in total. The van der Waals surface area contributed by atoms with E-state index in [-0.39, 0.29) is 18.3 Å². The maximum absolute atomic E-state index is 11.9. The molecule has 0 unspecified atom stereocenters. The van der Waals surface area contributed by atoms with Gasteiger partial charge in [0, 0.05) is 24.0 Å². The van der Waals surface area contributed by atoms with E-state index in [1.165, 1.54) is 25.7 Å². The van der Waals surface area contributed by atoms with Gasteiger partial charge in [0.05, 0.1) is 0 Å². The van der Waals surface area contributed by atoms with Gasteiger partial charge in [0.15, 0.2) is 0 Å². The molecule has 0 bridgehead atoms. The molecule has 17 heavy (non-hydrogen) atoms. The van der Waals surface area contributed by atoms with Crippen LogP contribution in [0.4, 0.5) is 0 Å². The van der Waals surface area contributed by atoms with E-state index in [2.05, 4.69) is 10.3 Å². The molecule has 1 heterocycles. The average Bonchev–Trinajstić information content (AvgIpc) is 2.59. The molecule has 4 heteroatoms. The number of aromatic nitrogens is 1. The van der Waals surface area contributed by atoms with Crippen molar-refractivity contribution in [3.05, 3.63) is 30.1 Å². The highest BCUT2D eigenvalue weighted by Crippen LogP contribution is 2.17. The Labute approximate surface area is 108 Å². The first kappa shape index (κ1) is 14.0. The Morgan fingerprint density at radius 2 is 1.71 bits per heavy atom. The predicted octanol–water partition coefficient (Wildman–Crippen LogP) is 2.96. The van der Waals surface area contributed by atoms with Crippen LogP contribution in [0.2, 0.25) is 0 Å². The molecular formula is C13H19ClN2O. The molecule has 1 aromatic heterocycles. The summed E-state index contributed by atoms with van der Waals surface area (Å²) in [7, 11) is 0. The third-order valence-electron chi connectivity index (χ3n) is 3.13. The molecule has 2 rings (SSSR count). The van der Waals surface area contributed by atoms with E-state index in [1.807, 2.05) is 0 Å². The number of hydrogen-bond donors (Lipinski definition) is 1. The predicted molar refractivity (Wildman–Crippen MR) is 70.4 cm³/mol. The van der Waals surface area contributed by atoms with Crippen molar-refractivity contribution >= 4 is 18.3 Å². The van der Waals surface area contributed by atoms with Crippen LogP contribution in [0.5, 0.6) is 0 Å².